The Morgan fingerprint density at radius 2 is 1.72 bits per heavy atom. The number of rotatable bonds is 7. The largest absolute Gasteiger partial charge is 0.349 e. The molecular formula is C21H20ClN3O4. The number of nitro benzene ring substituents is 1. The molecule has 7 nitrogen and oxygen atoms in total. The van der Waals surface area contributed by atoms with Gasteiger partial charge in [0.15, 0.2) is 0 Å². The van der Waals surface area contributed by atoms with Gasteiger partial charge < -0.3 is 10.2 Å². The van der Waals surface area contributed by atoms with Gasteiger partial charge in [-0.2, -0.15) is 0 Å². The predicted octanol–water partition coefficient (Wildman–Crippen LogP) is 3.95. The summed E-state index contributed by atoms with van der Waals surface area (Å²) >= 11 is 5.86. The van der Waals surface area contributed by atoms with E-state index in [1.54, 1.807) is 17.0 Å². The van der Waals surface area contributed by atoms with Crippen molar-refractivity contribution in [2.75, 3.05) is 0 Å². The van der Waals surface area contributed by atoms with Crippen LogP contribution >= 0.6 is 11.6 Å². The molecule has 0 heterocycles. The van der Waals surface area contributed by atoms with Crippen molar-refractivity contribution in [3.8, 4) is 0 Å². The number of nitrogens with zero attached hydrogens (tertiary/aromatic N) is 2. The Morgan fingerprint density at radius 1 is 1.07 bits per heavy atom. The minimum Gasteiger partial charge on any atom is -0.349 e. The average Bonchev–Trinajstić information content (AvgIpc) is 3.61. The fourth-order valence-electron chi connectivity index (χ4n) is 3.16. The van der Waals surface area contributed by atoms with E-state index < -0.39 is 4.92 Å². The molecule has 0 aliphatic heterocycles. The highest BCUT2D eigenvalue weighted by molar-refractivity contribution is 6.32. The molecule has 0 saturated heterocycles. The third-order valence-corrected chi connectivity index (χ3v) is 5.44. The van der Waals surface area contributed by atoms with Gasteiger partial charge >= 0.3 is 0 Å². The molecule has 29 heavy (non-hydrogen) atoms. The van der Waals surface area contributed by atoms with E-state index in [2.05, 4.69) is 5.32 Å². The van der Waals surface area contributed by atoms with Crippen molar-refractivity contribution in [3.63, 3.8) is 0 Å². The first-order chi connectivity index (χ1) is 13.9. The molecule has 2 amide bonds. The quantitative estimate of drug-likeness (QED) is 0.549. The van der Waals surface area contributed by atoms with Crippen LogP contribution in [0.3, 0.4) is 0 Å². The lowest BCUT2D eigenvalue weighted by Crippen LogP contribution is -2.32. The number of halogens is 1. The van der Waals surface area contributed by atoms with Crippen LogP contribution in [-0.4, -0.2) is 33.7 Å². The van der Waals surface area contributed by atoms with E-state index in [0.29, 0.717) is 18.2 Å². The summed E-state index contributed by atoms with van der Waals surface area (Å²) in [5.74, 6) is -0.342. The Labute approximate surface area is 172 Å². The first kappa shape index (κ1) is 19.4. The summed E-state index contributed by atoms with van der Waals surface area (Å²) in [4.78, 5) is 37.4. The lowest BCUT2D eigenvalue weighted by molar-refractivity contribution is -0.384. The lowest BCUT2D eigenvalue weighted by atomic mass is 10.1. The summed E-state index contributed by atoms with van der Waals surface area (Å²) < 4.78 is 0. The minimum absolute atomic E-state index is 0.00425. The van der Waals surface area contributed by atoms with Gasteiger partial charge in [0.1, 0.15) is 5.02 Å². The van der Waals surface area contributed by atoms with Crippen molar-refractivity contribution < 1.29 is 14.5 Å². The smallest absolute Gasteiger partial charge is 0.288 e. The fraction of sp³-hybridized carbons (Fsp3) is 0.333. The Hall–Kier alpha value is -2.93. The van der Waals surface area contributed by atoms with Gasteiger partial charge in [-0.1, -0.05) is 23.7 Å². The topological polar surface area (TPSA) is 92.6 Å². The Bertz CT molecular complexity index is 968. The number of carbonyl (C=O) groups is 2. The first-order valence-corrected chi connectivity index (χ1v) is 9.95. The monoisotopic (exact) mass is 413 g/mol. The molecule has 0 unspecified atom stereocenters. The fourth-order valence-corrected chi connectivity index (χ4v) is 3.35. The molecule has 150 valence electrons. The van der Waals surface area contributed by atoms with Gasteiger partial charge in [0.05, 0.1) is 4.92 Å². The molecule has 2 aromatic rings. The zero-order valence-electron chi connectivity index (χ0n) is 15.6. The normalized spacial score (nSPS) is 15.6. The van der Waals surface area contributed by atoms with Crippen molar-refractivity contribution >= 4 is 29.1 Å². The van der Waals surface area contributed by atoms with Gasteiger partial charge in [0, 0.05) is 35.8 Å². The van der Waals surface area contributed by atoms with Crippen molar-refractivity contribution in [2.45, 2.75) is 44.3 Å². The van der Waals surface area contributed by atoms with E-state index in [-0.39, 0.29) is 34.1 Å². The number of nitrogens with one attached hydrogen (secondary N) is 1. The number of hydrogen-bond donors (Lipinski definition) is 1. The van der Waals surface area contributed by atoms with Crippen LogP contribution in [0.2, 0.25) is 5.02 Å². The van der Waals surface area contributed by atoms with Crippen LogP contribution in [0.1, 0.15) is 52.0 Å². The molecule has 0 bridgehead atoms. The third-order valence-electron chi connectivity index (χ3n) is 5.12. The van der Waals surface area contributed by atoms with E-state index in [0.717, 1.165) is 31.2 Å². The van der Waals surface area contributed by atoms with Crippen molar-refractivity contribution in [3.05, 3.63) is 74.3 Å². The summed E-state index contributed by atoms with van der Waals surface area (Å²) in [6, 6.07) is 11.7. The van der Waals surface area contributed by atoms with Crippen LogP contribution in [-0.2, 0) is 6.54 Å². The third kappa shape index (κ3) is 4.56. The van der Waals surface area contributed by atoms with Crippen molar-refractivity contribution in [2.24, 2.45) is 0 Å². The zero-order chi connectivity index (χ0) is 20.5. The van der Waals surface area contributed by atoms with Crippen LogP contribution < -0.4 is 5.32 Å². The molecular weight excluding hydrogens is 394 g/mol. The molecule has 0 aromatic heterocycles. The molecule has 2 aromatic carbocycles. The van der Waals surface area contributed by atoms with Crippen LogP contribution in [0.5, 0.6) is 0 Å². The Balaban J connectivity index is 1.49. The van der Waals surface area contributed by atoms with E-state index >= 15 is 0 Å². The molecule has 4 rings (SSSR count). The number of amides is 2. The second kappa shape index (κ2) is 7.83. The maximum Gasteiger partial charge on any atom is 0.288 e. The van der Waals surface area contributed by atoms with E-state index in [9.17, 15) is 19.7 Å². The van der Waals surface area contributed by atoms with Crippen LogP contribution in [0.4, 0.5) is 5.69 Å². The Morgan fingerprint density at radius 3 is 2.31 bits per heavy atom. The Kier molecular flexibility index (Phi) is 5.24. The molecule has 2 saturated carbocycles. The second-order valence-electron chi connectivity index (χ2n) is 7.53. The number of carbonyl (C=O) groups excluding carboxylic acids is 2. The molecule has 2 aliphatic carbocycles. The predicted molar refractivity (Wildman–Crippen MR) is 108 cm³/mol. The molecule has 0 atom stereocenters. The summed E-state index contributed by atoms with van der Waals surface area (Å²) in [5.41, 5.74) is 1.46. The zero-order valence-corrected chi connectivity index (χ0v) is 16.4. The summed E-state index contributed by atoms with van der Waals surface area (Å²) in [5, 5.41) is 14.1. The molecule has 0 radical (unpaired) electrons. The maximum absolute atomic E-state index is 13.0. The molecule has 8 heteroatoms. The highest BCUT2D eigenvalue weighted by Crippen LogP contribution is 2.32. The van der Waals surface area contributed by atoms with Crippen molar-refractivity contribution in [1.29, 1.82) is 0 Å². The number of nitro groups is 1. The summed E-state index contributed by atoms with van der Waals surface area (Å²) in [6.07, 6.45) is 3.88. The molecule has 1 N–H and O–H groups in total. The first-order valence-electron chi connectivity index (χ1n) is 9.57. The van der Waals surface area contributed by atoms with E-state index in [1.165, 1.54) is 18.2 Å². The highest BCUT2D eigenvalue weighted by Gasteiger charge is 2.34. The summed E-state index contributed by atoms with van der Waals surface area (Å²) in [6.45, 7) is 0.379. The maximum atomic E-state index is 13.0. The SMILES string of the molecule is O=C(NC1CC1)c1ccc(CN(C(=O)c2ccc(Cl)c([N+](=O)[O-])c2)C2CC2)cc1. The van der Waals surface area contributed by atoms with E-state index in [4.69, 9.17) is 11.6 Å². The molecule has 2 fully saturated rings. The summed E-state index contributed by atoms with van der Waals surface area (Å²) in [7, 11) is 0. The standard InChI is InChI=1S/C21H20ClN3O4/c22-18-10-5-15(11-19(18)25(28)29)21(27)24(17-8-9-17)12-13-1-3-14(4-2-13)20(26)23-16-6-7-16/h1-5,10-11,16-17H,6-9,12H2,(H,23,26). The minimum atomic E-state index is -0.591. The van der Waals surface area contributed by atoms with Gasteiger partial charge in [-0.3, -0.25) is 19.7 Å². The van der Waals surface area contributed by atoms with Gasteiger partial charge in [0.25, 0.3) is 17.5 Å². The van der Waals surface area contributed by atoms with Crippen LogP contribution in [0.15, 0.2) is 42.5 Å². The van der Waals surface area contributed by atoms with Gasteiger partial charge in [0.2, 0.25) is 0 Å². The second-order valence-corrected chi connectivity index (χ2v) is 7.94. The average molecular weight is 414 g/mol. The van der Waals surface area contributed by atoms with Gasteiger partial charge in [-0.15, -0.1) is 0 Å². The number of benzene rings is 2. The van der Waals surface area contributed by atoms with Crippen molar-refractivity contribution in [1.82, 2.24) is 10.2 Å². The molecule has 0 spiro atoms. The molecule has 2 aliphatic rings. The van der Waals surface area contributed by atoms with E-state index in [1.807, 2.05) is 12.1 Å². The van der Waals surface area contributed by atoms with Crippen LogP contribution in [0.25, 0.3) is 0 Å². The number of hydrogen-bond acceptors (Lipinski definition) is 4. The van der Waals surface area contributed by atoms with Gasteiger partial charge in [-0.05, 0) is 55.5 Å². The van der Waals surface area contributed by atoms with Gasteiger partial charge in [-0.25, -0.2) is 0 Å². The van der Waals surface area contributed by atoms with Crippen LogP contribution in [0, 0.1) is 10.1 Å². The lowest BCUT2D eigenvalue weighted by Gasteiger charge is -2.23. The highest BCUT2D eigenvalue weighted by atomic mass is 35.5.